The van der Waals surface area contributed by atoms with E-state index in [1.807, 2.05) is 12.1 Å². The zero-order valence-electron chi connectivity index (χ0n) is 11.9. The van der Waals surface area contributed by atoms with Crippen molar-refractivity contribution in [1.82, 2.24) is 4.90 Å². The molecule has 0 radical (unpaired) electrons. The Morgan fingerprint density at radius 1 is 1.29 bits per heavy atom. The normalized spacial score (nSPS) is 16.5. The van der Waals surface area contributed by atoms with Crippen LogP contribution in [-0.4, -0.2) is 23.0 Å². The molecule has 3 N–H and O–H groups in total. The number of carbonyl (C=O) groups excluding carboxylic acids is 1. The van der Waals surface area contributed by atoms with Gasteiger partial charge in [-0.3, -0.25) is 4.79 Å². The van der Waals surface area contributed by atoms with Crippen LogP contribution in [-0.2, 0) is 6.42 Å². The molecule has 0 spiro atoms. The second-order valence-electron chi connectivity index (χ2n) is 5.44. The van der Waals surface area contributed by atoms with Gasteiger partial charge in [-0.1, -0.05) is 24.3 Å². The first-order chi connectivity index (χ1) is 10.1. The monoisotopic (exact) mass is 282 g/mol. The van der Waals surface area contributed by atoms with Crippen LogP contribution >= 0.6 is 0 Å². The number of fused-ring (bicyclic) bond motifs is 1. The lowest BCUT2D eigenvalue weighted by atomic mass is 10.1. The van der Waals surface area contributed by atoms with Crippen molar-refractivity contribution in [2.45, 2.75) is 18.9 Å². The van der Waals surface area contributed by atoms with Crippen LogP contribution in [0.15, 0.2) is 42.5 Å². The minimum atomic E-state index is -0.162. The van der Waals surface area contributed by atoms with E-state index in [-0.39, 0.29) is 17.7 Å². The van der Waals surface area contributed by atoms with Gasteiger partial charge >= 0.3 is 0 Å². The van der Waals surface area contributed by atoms with Gasteiger partial charge in [0.05, 0.1) is 11.6 Å². The van der Waals surface area contributed by atoms with Crippen molar-refractivity contribution in [2.24, 2.45) is 0 Å². The first kappa shape index (κ1) is 13.5. The van der Waals surface area contributed by atoms with E-state index in [1.165, 1.54) is 23.3 Å². The summed E-state index contributed by atoms with van der Waals surface area (Å²) in [6.45, 7) is 0. The van der Waals surface area contributed by atoms with Crippen molar-refractivity contribution < 1.29 is 9.90 Å². The molecule has 0 heterocycles. The summed E-state index contributed by atoms with van der Waals surface area (Å²) in [4.78, 5) is 14.4. The number of nitrogens with two attached hydrogens (primary N) is 1. The highest BCUT2D eigenvalue weighted by Crippen LogP contribution is 2.36. The topological polar surface area (TPSA) is 66.6 Å². The summed E-state index contributed by atoms with van der Waals surface area (Å²) >= 11 is 0. The quantitative estimate of drug-likeness (QED) is 0.657. The largest absolute Gasteiger partial charge is 0.508 e. The summed E-state index contributed by atoms with van der Waals surface area (Å²) in [5.74, 6) is -0.113. The zero-order chi connectivity index (χ0) is 15.0. The van der Waals surface area contributed by atoms with E-state index in [1.54, 1.807) is 18.0 Å². The van der Waals surface area contributed by atoms with Gasteiger partial charge in [0.15, 0.2) is 0 Å². The van der Waals surface area contributed by atoms with Gasteiger partial charge in [-0.05, 0) is 42.2 Å². The van der Waals surface area contributed by atoms with E-state index in [0.29, 0.717) is 11.3 Å². The number of carbonyl (C=O) groups is 1. The highest BCUT2D eigenvalue weighted by molar-refractivity contribution is 5.99. The summed E-state index contributed by atoms with van der Waals surface area (Å²) in [5.41, 5.74) is 9.10. The highest BCUT2D eigenvalue weighted by atomic mass is 16.3. The van der Waals surface area contributed by atoms with Crippen molar-refractivity contribution in [1.29, 1.82) is 0 Å². The van der Waals surface area contributed by atoms with E-state index < -0.39 is 0 Å². The number of hydrogen-bond acceptors (Lipinski definition) is 3. The third-order valence-electron chi connectivity index (χ3n) is 4.16. The molecule has 2 aromatic carbocycles. The van der Waals surface area contributed by atoms with Crippen LogP contribution in [0, 0.1) is 0 Å². The molecule has 1 aliphatic carbocycles. The van der Waals surface area contributed by atoms with Gasteiger partial charge < -0.3 is 15.7 Å². The fourth-order valence-electron chi connectivity index (χ4n) is 3.00. The number of nitrogen functional groups attached to an aromatic ring is 1. The van der Waals surface area contributed by atoms with E-state index in [4.69, 9.17) is 5.73 Å². The minimum Gasteiger partial charge on any atom is -0.508 e. The van der Waals surface area contributed by atoms with Gasteiger partial charge in [-0.15, -0.1) is 0 Å². The zero-order valence-corrected chi connectivity index (χ0v) is 11.9. The number of phenolic OH excluding ortho intramolecular Hbond substituents is 1. The van der Waals surface area contributed by atoms with Crippen LogP contribution in [0.1, 0.15) is 33.9 Å². The average Bonchev–Trinajstić information content (AvgIpc) is 2.92. The Labute approximate surface area is 123 Å². The number of aryl methyl sites for hydroxylation is 1. The van der Waals surface area contributed by atoms with Gasteiger partial charge in [0.1, 0.15) is 5.75 Å². The third kappa shape index (κ3) is 2.33. The summed E-state index contributed by atoms with van der Waals surface area (Å²) < 4.78 is 0. The maximum absolute atomic E-state index is 12.6. The fraction of sp³-hybridized carbons (Fsp3) is 0.235. The molecule has 0 bridgehead atoms. The van der Waals surface area contributed by atoms with Gasteiger partial charge in [-0.2, -0.15) is 0 Å². The Balaban J connectivity index is 1.91. The van der Waals surface area contributed by atoms with Crippen LogP contribution in [0.4, 0.5) is 5.69 Å². The van der Waals surface area contributed by atoms with E-state index in [2.05, 4.69) is 12.1 Å². The van der Waals surface area contributed by atoms with Crippen LogP contribution in [0.2, 0.25) is 0 Å². The lowest BCUT2D eigenvalue weighted by Crippen LogP contribution is -2.30. The molecule has 4 heteroatoms. The number of hydrogen-bond donors (Lipinski definition) is 2. The van der Waals surface area contributed by atoms with Crippen molar-refractivity contribution in [3.05, 3.63) is 59.2 Å². The standard InChI is InChI=1S/C17H18N2O2/c1-19(16-9-6-11-4-2-3-5-13(11)16)17(21)14-10-12(20)7-8-15(14)18/h2-5,7-8,10,16,20H,6,9,18H2,1H3. The van der Waals surface area contributed by atoms with Crippen LogP contribution in [0.3, 0.4) is 0 Å². The van der Waals surface area contributed by atoms with Crippen molar-refractivity contribution in [3.63, 3.8) is 0 Å². The summed E-state index contributed by atoms with van der Waals surface area (Å²) in [6, 6.07) is 12.7. The lowest BCUT2D eigenvalue weighted by molar-refractivity contribution is 0.0731. The molecular formula is C17H18N2O2. The van der Waals surface area contributed by atoms with Gasteiger partial charge in [0.25, 0.3) is 5.91 Å². The van der Waals surface area contributed by atoms with Gasteiger partial charge in [-0.25, -0.2) is 0 Å². The number of amides is 1. The molecule has 0 saturated carbocycles. The first-order valence-corrected chi connectivity index (χ1v) is 7.01. The smallest absolute Gasteiger partial charge is 0.256 e. The van der Waals surface area contributed by atoms with Crippen LogP contribution in [0.5, 0.6) is 5.75 Å². The van der Waals surface area contributed by atoms with Crippen LogP contribution < -0.4 is 5.73 Å². The summed E-state index contributed by atoms with van der Waals surface area (Å²) in [6.07, 6.45) is 1.90. The number of benzene rings is 2. The van der Waals surface area contributed by atoms with Crippen molar-refractivity contribution in [2.75, 3.05) is 12.8 Å². The molecule has 21 heavy (non-hydrogen) atoms. The van der Waals surface area contributed by atoms with Gasteiger partial charge in [0.2, 0.25) is 0 Å². The second-order valence-corrected chi connectivity index (χ2v) is 5.44. The number of anilines is 1. The SMILES string of the molecule is CN(C(=O)c1cc(O)ccc1N)C1CCc2ccccc21. The molecule has 1 aliphatic rings. The predicted molar refractivity (Wildman–Crippen MR) is 82.1 cm³/mol. The summed E-state index contributed by atoms with van der Waals surface area (Å²) in [5, 5.41) is 9.56. The third-order valence-corrected chi connectivity index (χ3v) is 4.16. The van der Waals surface area contributed by atoms with Crippen LogP contribution in [0.25, 0.3) is 0 Å². The molecule has 1 atom stereocenters. The Bertz CT molecular complexity index is 697. The average molecular weight is 282 g/mol. The lowest BCUT2D eigenvalue weighted by Gasteiger charge is -2.26. The predicted octanol–water partition coefficient (Wildman–Crippen LogP) is 2.73. The minimum absolute atomic E-state index is 0.0489. The highest BCUT2D eigenvalue weighted by Gasteiger charge is 2.29. The molecule has 1 amide bonds. The maximum atomic E-state index is 12.6. The Hall–Kier alpha value is -2.49. The van der Waals surface area contributed by atoms with E-state index in [0.717, 1.165) is 12.8 Å². The molecule has 2 aromatic rings. The molecule has 0 fully saturated rings. The number of aromatic hydroxyl groups is 1. The molecule has 4 nitrogen and oxygen atoms in total. The van der Waals surface area contributed by atoms with E-state index in [9.17, 15) is 9.90 Å². The maximum Gasteiger partial charge on any atom is 0.256 e. The molecule has 0 aliphatic heterocycles. The fourth-order valence-corrected chi connectivity index (χ4v) is 3.00. The number of rotatable bonds is 2. The Morgan fingerprint density at radius 3 is 2.86 bits per heavy atom. The van der Waals surface area contributed by atoms with Crippen molar-refractivity contribution >= 4 is 11.6 Å². The Kier molecular flexibility index (Phi) is 3.29. The number of phenols is 1. The number of nitrogens with zero attached hydrogens (tertiary/aromatic N) is 1. The summed E-state index contributed by atoms with van der Waals surface area (Å²) in [7, 11) is 1.79. The molecule has 3 rings (SSSR count). The molecular weight excluding hydrogens is 264 g/mol. The van der Waals surface area contributed by atoms with E-state index >= 15 is 0 Å². The molecule has 108 valence electrons. The molecule has 1 unspecified atom stereocenters. The van der Waals surface area contributed by atoms with Gasteiger partial charge in [0, 0.05) is 12.7 Å². The first-order valence-electron chi connectivity index (χ1n) is 7.01. The molecule has 0 aromatic heterocycles. The molecule has 0 saturated heterocycles. The second kappa shape index (κ2) is 5.13. The van der Waals surface area contributed by atoms with Crippen molar-refractivity contribution in [3.8, 4) is 5.75 Å². The Morgan fingerprint density at radius 2 is 2.05 bits per heavy atom.